The van der Waals surface area contributed by atoms with Crippen LogP contribution in [0.4, 0.5) is 0 Å². The maximum atomic E-state index is 13.1. The van der Waals surface area contributed by atoms with Gasteiger partial charge in [-0.15, -0.1) is 0 Å². The Labute approximate surface area is 249 Å². The highest BCUT2D eigenvalue weighted by molar-refractivity contribution is 5.71. The Kier molecular flexibility index (Phi) is 16.6. The number of carbonyl (C=O) groups is 1. The SMILES string of the molecule is CCC=CCC=CCC=CCC=CCC=CCCCC(=O)OCn1cnc2c1c(=O)n(CCCC[C@H](C)O)c(=O)n2C. The van der Waals surface area contributed by atoms with Crippen molar-refractivity contribution < 1.29 is 14.6 Å². The van der Waals surface area contributed by atoms with Gasteiger partial charge in [0.05, 0.1) is 6.10 Å². The molecule has 0 aliphatic heterocycles. The Morgan fingerprint density at radius 2 is 1.52 bits per heavy atom. The third-order valence-electron chi connectivity index (χ3n) is 6.63. The fourth-order valence-electron chi connectivity index (χ4n) is 4.27. The normalized spacial score (nSPS) is 13.2. The minimum Gasteiger partial charge on any atom is -0.444 e. The van der Waals surface area contributed by atoms with Gasteiger partial charge in [0.2, 0.25) is 0 Å². The van der Waals surface area contributed by atoms with Gasteiger partial charge < -0.3 is 9.84 Å². The predicted molar refractivity (Wildman–Crippen MR) is 169 cm³/mol. The molecule has 0 aliphatic rings. The van der Waals surface area contributed by atoms with Gasteiger partial charge in [-0.25, -0.2) is 9.78 Å². The number of ether oxygens (including phenoxy) is 1. The fourth-order valence-corrected chi connectivity index (χ4v) is 4.27. The van der Waals surface area contributed by atoms with Crippen LogP contribution in [0.15, 0.2) is 76.7 Å². The molecule has 42 heavy (non-hydrogen) atoms. The Morgan fingerprint density at radius 1 is 0.929 bits per heavy atom. The van der Waals surface area contributed by atoms with Gasteiger partial charge in [-0.2, -0.15) is 0 Å². The molecule has 0 spiro atoms. The summed E-state index contributed by atoms with van der Waals surface area (Å²) in [6, 6.07) is 0. The van der Waals surface area contributed by atoms with Crippen molar-refractivity contribution >= 4 is 17.1 Å². The van der Waals surface area contributed by atoms with Crippen LogP contribution in [0.5, 0.6) is 0 Å². The van der Waals surface area contributed by atoms with Crippen LogP contribution in [0.2, 0.25) is 0 Å². The number of esters is 1. The number of unbranched alkanes of at least 4 members (excludes halogenated alkanes) is 2. The fraction of sp³-hybridized carbons (Fsp3) is 0.515. The van der Waals surface area contributed by atoms with Gasteiger partial charge in [0.15, 0.2) is 17.9 Å². The predicted octanol–water partition coefficient (Wildman–Crippen LogP) is 5.87. The zero-order valence-corrected chi connectivity index (χ0v) is 25.5. The van der Waals surface area contributed by atoms with Crippen LogP contribution in [0.25, 0.3) is 11.2 Å². The average molecular weight is 581 g/mol. The Morgan fingerprint density at radius 3 is 2.12 bits per heavy atom. The van der Waals surface area contributed by atoms with E-state index in [9.17, 15) is 19.5 Å². The number of hydrogen-bond donors (Lipinski definition) is 1. The molecule has 0 bridgehead atoms. The number of aromatic nitrogens is 4. The van der Waals surface area contributed by atoms with E-state index in [1.54, 1.807) is 14.0 Å². The first kappa shape index (κ1) is 34.5. The maximum absolute atomic E-state index is 13.1. The van der Waals surface area contributed by atoms with E-state index in [4.69, 9.17) is 4.74 Å². The molecule has 2 aromatic heterocycles. The monoisotopic (exact) mass is 580 g/mol. The number of aliphatic hydroxyl groups is 1. The molecule has 0 saturated heterocycles. The minimum atomic E-state index is -0.461. The summed E-state index contributed by atoms with van der Waals surface area (Å²) in [5.41, 5.74) is -0.433. The van der Waals surface area contributed by atoms with E-state index in [1.807, 2.05) is 0 Å². The second-order valence-electron chi connectivity index (χ2n) is 10.3. The molecule has 1 N–H and O–H groups in total. The molecule has 2 rings (SSSR count). The molecular weight excluding hydrogens is 532 g/mol. The molecule has 0 aliphatic carbocycles. The molecule has 230 valence electrons. The molecular formula is C33H48N4O5. The average Bonchev–Trinajstić information content (AvgIpc) is 3.40. The number of aliphatic hydroxyl groups excluding tert-OH is 1. The number of imidazole rings is 1. The highest BCUT2D eigenvalue weighted by Gasteiger charge is 2.17. The molecule has 0 fully saturated rings. The Balaban J connectivity index is 1.70. The summed E-state index contributed by atoms with van der Waals surface area (Å²) in [5, 5.41) is 9.43. The second-order valence-corrected chi connectivity index (χ2v) is 10.3. The quantitative estimate of drug-likeness (QED) is 0.119. The van der Waals surface area contributed by atoms with Gasteiger partial charge in [0, 0.05) is 20.0 Å². The van der Waals surface area contributed by atoms with E-state index in [0.717, 1.165) is 38.5 Å². The van der Waals surface area contributed by atoms with Gasteiger partial charge in [0.1, 0.15) is 6.33 Å². The molecule has 0 aromatic carbocycles. The third kappa shape index (κ3) is 12.4. The van der Waals surface area contributed by atoms with Crippen molar-refractivity contribution in [2.75, 3.05) is 0 Å². The number of rotatable bonds is 20. The Bertz CT molecular complexity index is 1350. The van der Waals surface area contributed by atoms with E-state index in [2.05, 4.69) is 72.7 Å². The largest absolute Gasteiger partial charge is 0.444 e. The van der Waals surface area contributed by atoms with Crippen molar-refractivity contribution in [2.24, 2.45) is 7.05 Å². The summed E-state index contributed by atoms with van der Waals surface area (Å²) in [4.78, 5) is 42.2. The first-order valence-electron chi connectivity index (χ1n) is 15.1. The van der Waals surface area contributed by atoms with Crippen LogP contribution < -0.4 is 11.2 Å². The first-order chi connectivity index (χ1) is 20.4. The van der Waals surface area contributed by atoms with Crippen LogP contribution in [0.3, 0.4) is 0 Å². The number of fused-ring (bicyclic) bond motifs is 1. The highest BCUT2D eigenvalue weighted by atomic mass is 16.5. The molecule has 9 nitrogen and oxygen atoms in total. The Hall–Kier alpha value is -3.72. The first-order valence-corrected chi connectivity index (χ1v) is 15.1. The number of hydrogen-bond acceptors (Lipinski definition) is 6. The molecule has 0 amide bonds. The van der Waals surface area contributed by atoms with Crippen LogP contribution in [0, 0.1) is 0 Å². The molecule has 9 heteroatoms. The van der Waals surface area contributed by atoms with Crippen LogP contribution >= 0.6 is 0 Å². The lowest BCUT2D eigenvalue weighted by Crippen LogP contribution is -2.39. The van der Waals surface area contributed by atoms with Gasteiger partial charge >= 0.3 is 11.7 Å². The summed E-state index contributed by atoms with van der Waals surface area (Å²) in [6.07, 6.45) is 30.9. The van der Waals surface area contributed by atoms with Crippen LogP contribution in [-0.4, -0.2) is 35.9 Å². The standard InChI is InChI=1S/C33H48N4O5/c1-4-5-6-7-8-9-10-11-12-13-14-15-16-17-18-19-20-24-29(39)42-27-36-26-34-31-30(36)32(40)37(33(41)35(31)3)25-22-21-23-28(2)38/h5-6,8-9,11-12,14-15,17-18,26,28,38H,4,7,10,13,16,19-25,27H2,1-3H3/t28-/m0/s1. The third-order valence-corrected chi connectivity index (χ3v) is 6.63. The lowest BCUT2D eigenvalue weighted by molar-refractivity contribution is -0.147. The lowest BCUT2D eigenvalue weighted by Gasteiger charge is -2.10. The van der Waals surface area contributed by atoms with Crippen molar-refractivity contribution in [1.82, 2.24) is 18.7 Å². The summed E-state index contributed by atoms with van der Waals surface area (Å²) in [5.74, 6) is -0.354. The smallest absolute Gasteiger partial charge is 0.332 e. The van der Waals surface area contributed by atoms with Gasteiger partial charge in [-0.05, 0) is 71.1 Å². The zero-order chi connectivity index (χ0) is 30.6. The van der Waals surface area contributed by atoms with Crippen molar-refractivity contribution in [3.63, 3.8) is 0 Å². The van der Waals surface area contributed by atoms with Crippen LogP contribution in [-0.2, 0) is 29.9 Å². The second kappa shape index (κ2) is 20.2. The number of allylic oxidation sites excluding steroid dienone is 10. The van der Waals surface area contributed by atoms with Crippen molar-refractivity contribution in [1.29, 1.82) is 0 Å². The van der Waals surface area contributed by atoms with E-state index < -0.39 is 17.4 Å². The summed E-state index contributed by atoms with van der Waals surface area (Å²) >= 11 is 0. The number of nitrogens with zero attached hydrogens (tertiary/aromatic N) is 4. The number of aryl methyl sites for hydroxylation is 1. The maximum Gasteiger partial charge on any atom is 0.332 e. The molecule has 0 unspecified atom stereocenters. The topological polar surface area (TPSA) is 108 Å². The molecule has 1 atom stereocenters. The molecule has 2 heterocycles. The van der Waals surface area contributed by atoms with Gasteiger partial charge in [-0.1, -0.05) is 67.7 Å². The van der Waals surface area contributed by atoms with Crippen molar-refractivity contribution in [2.45, 2.75) is 104 Å². The summed E-state index contributed by atoms with van der Waals surface area (Å²) < 4.78 is 9.35. The molecule has 0 radical (unpaired) electrons. The van der Waals surface area contributed by atoms with Crippen molar-refractivity contribution in [3.8, 4) is 0 Å². The van der Waals surface area contributed by atoms with Crippen LogP contribution in [0.1, 0.15) is 84.5 Å². The summed E-state index contributed by atoms with van der Waals surface area (Å²) in [6.45, 7) is 3.95. The number of carbonyl (C=O) groups excluding carboxylic acids is 1. The van der Waals surface area contributed by atoms with E-state index in [1.165, 1.54) is 20.0 Å². The van der Waals surface area contributed by atoms with Crippen molar-refractivity contribution in [3.05, 3.63) is 87.9 Å². The van der Waals surface area contributed by atoms with E-state index in [0.29, 0.717) is 25.7 Å². The molecule has 0 saturated carbocycles. The highest BCUT2D eigenvalue weighted by Crippen LogP contribution is 2.08. The van der Waals surface area contributed by atoms with E-state index >= 15 is 0 Å². The van der Waals surface area contributed by atoms with E-state index in [-0.39, 0.29) is 36.8 Å². The summed E-state index contributed by atoms with van der Waals surface area (Å²) in [7, 11) is 1.56. The molecule has 2 aromatic rings. The minimum absolute atomic E-state index is 0.146. The zero-order valence-electron chi connectivity index (χ0n) is 25.5. The lowest BCUT2D eigenvalue weighted by atomic mass is 10.2. The van der Waals surface area contributed by atoms with Gasteiger partial charge in [0.25, 0.3) is 5.56 Å². The van der Waals surface area contributed by atoms with Gasteiger partial charge in [-0.3, -0.25) is 23.3 Å².